The van der Waals surface area contributed by atoms with Gasteiger partial charge >= 0.3 is 5.97 Å². The first-order valence-corrected chi connectivity index (χ1v) is 8.27. The molecule has 2 bridgehead atoms. The molecule has 1 aromatic carbocycles. The van der Waals surface area contributed by atoms with E-state index in [-0.39, 0.29) is 17.1 Å². The van der Waals surface area contributed by atoms with Crippen LogP contribution in [-0.4, -0.2) is 47.2 Å². The van der Waals surface area contributed by atoms with Crippen LogP contribution in [0.3, 0.4) is 0 Å². The normalized spacial score (nSPS) is 26.6. The van der Waals surface area contributed by atoms with Gasteiger partial charge in [-0.1, -0.05) is 6.07 Å². The van der Waals surface area contributed by atoms with E-state index in [0.717, 1.165) is 50.0 Å². The van der Waals surface area contributed by atoms with Crippen molar-refractivity contribution in [2.45, 2.75) is 26.2 Å². The standard InChI is InChI=1S/C18H22N2O3/c1-12-2-3-14-15(16(12)21)13(10-19-14)17(22)23-11-18-4-7-20(8-5-18)9-6-18/h2-3,10,19,21H,4-9,11H2,1H3. The number of aryl methyl sites for hydroxylation is 1. The molecule has 0 aliphatic carbocycles. The lowest BCUT2D eigenvalue weighted by molar-refractivity contribution is -0.0304. The predicted molar refractivity (Wildman–Crippen MR) is 87.7 cm³/mol. The van der Waals surface area contributed by atoms with Crippen LogP contribution in [0.4, 0.5) is 0 Å². The van der Waals surface area contributed by atoms with Gasteiger partial charge in [0.15, 0.2) is 0 Å². The number of hydrogen-bond acceptors (Lipinski definition) is 4. The van der Waals surface area contributed by atoms with Gasteiger partial charge in [-0.05, 0) is 57.5 Å². The summed E-state index contributed by atoms with van der Waals surface area (Å²) in [6.07, 6.45) is 4.96. The number of aromatic amines is 1. The van der Waals surface area contributed by atoms with E-state index in [0.29, 0.717) is 17.6 Å². The van der Waals surface area contributed by atoms with Crippen LogP contribution in [-0.2, 0) is 4.74 Å². The zero-order valence-electron chi connectivity index (χ0n) is 13.4. The minimum absolute atomic E-state index is 0.153. The predicted octanol–water partition coefficient (Wildman–Crippen LogP) is 2.82. The molecule has 0 radical (unpaired) electrons. The highest BCUT2D eigenvalue weighted by molar-refractivity contribution is 6.07. The molecular weight excluding hydrogens is 292 g/mol. The van der Waals surface area contributed by atoms with Gasteiger partial charge in [0.05, 0.1) is 23.1 Å². The number of phenols is 1. The van der Waals surface area contributed by atoms with Crippen molar-refractivity contribution in [2.24, 2.45) is 5.41 Å². The van der Waals surface area contributed by atoms with Gasteiger partial charge in [-0.25, -0.2) is 4.79 Å². The van der Waals surface area contributed by atoms with Gasteiger partial charge in [0.2, 0.25) is 0 Å². The van der Waals surface area contributed by atoms with Crippen LogP contribution in [0, 0.1) is 12.3 Å². The number of carbonyl (C=O) groups is 1. The van der Waals surface area contributed by atoms with Crippen molar-refractivity contribution in [1.29, 1.82) is 0 Å². The van der Waals surface area contributed by atoms with Crippen LogP contribution in [0.25, 0.3) is 10.9 Å². The van der Waals surface area contributed by atoms with Crippen LogP contribution in [0.15, 0.2) is 18.3 Å². The van der Waals surface area contributed by atoms with Crippen LogP contribution in [0.1, 0.15) is 35.2 Å². The number of piperidine rings is 3. The van der Waals surface area contributed by atoms with Gasteiger partial charge in [0.1, 0.15) is 5.75 Å². The van der Waals surface area contributed by atoms with Crippen LogP contribution < -0.4 is 0 Å². The van der Waals surface area contributed by atoms with Gasteiger partial charge < -0.3 is 19.7 Å². The number of fused-ring (bicyclic) bond motifs is 4. The minimum Gasteiger partial charge on any atom is -0.507 e. The molecule has 0 spiro atoms. The van der Waals surface area contributed by atoms with E-state index in [1.54, 1.807) is 6.20 Å². The highest BCUT2D eigenvalue weighted by Crippen LogP contribution is 2.40. The van der Waals surface area contributed by atoms with E-state index in [2.05, 4.69) is 9.88 Å². The molecule has 0 atom stereocenters. The Hall–Kier alpha value is -2.01. The summed E-state index contributed by atoms with van der Waals surface area (Å²) in [7, 11) is 0. The maximum atomic E-state index is 12.5. The maximum absolute atomic E-state index is 12.5. The number of nitrogens with one attached hydrogen (secondary N) is 1. The quantitative estimate of drug-likeness (QED) is 0.855. The van der Waals surface area contributed by atoms with Gasteiger partial charge in [-0.3, -0.25) is 0 Å². The summed E-state index contributed by atoms with van der Waals surface area (Å²) in [5, 5.41) is 10.8. The topological polar surface area (TPSA) is 65.6 Å². The van der Waals surface area contributed by atoms with Crippen LogP contribution >= 0.6 is 0 Å². The lowest BCUT2D eigenvalue weighted by Gasteiger charge is -2.47. The number of hydrogen-bond donors (Lipinski definition) is 2. The second-order valence-electron chi connectivity index (χ2n) is 7.02. The van der Waals surface area contributed by atoms with E-state index in [1.807, 2.05) is 19.1 Å². The zero-order chi connectivity index (χ0) is 16.0. The SMILES string of the molecule is Cc1ccc2[nH]cc(C(=O)OCC34CCN(CC3)CC4)c2c1O. The van der Waals surface area contributed by atoms with E-state index in [9.17, 15) is 9.90 Å². The van der Waals surface area contributed by atoms with E-state index in [4.69, 9.17) is 4.74 Å². The third-order valence-corrected chi connectivity index (χ3v) is 5.63. The highest BCUT2D eigenvalue weighted by atomic mass is 16.5. The number of phenolic OH excluding ortho intramolecular Hbond substituents is 1. The third kappa shape index (κ3) is 2.39. The monoisotopic (exact) mass is 314 g/mol. The first kappa shape index (κ1) is 14.6. The van der Waals surface area contributed by atoms with Crippen LogP contribution in [0.2, 0.25) is 0 Å². The number of rotatable bonds is 3. The average Bonchev–Trinajstić information content (AvgIpc) is 3.03. The van der Waals surface area contributed by atoms with E-state index < -0.39 is 0 Å². The Morgan fingerprint density at radius 3 is 2.70 bits per heavy atom. The molecule has 5 rings (SSSR count). The Morgan fingerprint density at radius 2 is 2.00 bits per heavy atom. The Kier molecular flexibility index (Phi) is 3.34. The van der Waals surface area contributed by atoms with Crippen molar-refractivity contribution in [2.75, 3.05) is 26.2 Å². The highest BCUT2D eigenvalue weighted by Gasteiger charge is 2.40. The molecule has 0 unspecified atom stereocenters. The lowest BCUT2D eigenvalue weighted by Crippen LogP contribution is -2.50. The smallest absolute Gasteiger partial charge is 0.340 e. The molecule has 5 nitrogen and oxygen atoms in total. The number of benzene rings is 1. The van der Waals surface area contributed by atoms with E-state index in [1.165, 1.54) is 0 Å². The fourth-order valence-corrected chi connectivity index (χ4v) is 3.88. The number of H-pyrrole nitrogens is 1. The molecule has 2 aromatic rings. The fourth-order valence-electron chi connectivity index (χ4n) is 3.88. The fraction of sp³-hybridized carbons (Fsp3) is 0.500. The molecule has 3 fully saturated rings. The molecule has 122 valence electrons. The van der Waals surface area contributed by atoms with E-state index >= 15 is 0 Å². The number of carbonyl (C=O) groups excluding carboxylic acids is 1. The zero-order valence-corrected chi connectivity index (χ0v) is 13.4. The molecule has 23 heavy (non-hydrogen) atoms. The van der Waals surface area contributed by atoms with Crippen molar-refractivity contribution in [3.8, 4) is 5.75 Å². The van der Waals surface area contributed by atoms with Crippen molar-refractivity contribution < 1.29 is 14.6 Å². The number of ether oxygens (including phenoxy) is 1. The summed E-state index contributed by atoms with van der Waals surface area (Å²) in [5.74, 6) is -0.195. The molecule has 2 N–H and O–H groups in total. The van der Waals surface area contributed by atoms with Crippen molar-refractivity contribution in [3.05, 3.63) is 29.5 Å². The number of aromatic nitrogens is 1. The Morgan fingerprint density at radius 1 is 1.30 bits per heavy atom. The molecule has 3 aliphatic heterocycles. The average molecular weight is 314 g/mol. The Labute approximate surface area is 135 Å². The Bertz CT molecular complexity index is 743. The van der Waals surface area contributed by atoms with Gasteiger partial charge in [-0.2, -0.15) is 0 Å². The van der Waals surface area contributed by atoms with Gasteiger partial charge in [0.25, 0.3) is 0 Å². The molecule has 4 heterocycles. The molecule has 0 amide bonds. The summed E-state index contributed by atoms with van der Waals surface area (Å²) < 4.78 is 5.66. The lowest BCUT2D eigenvalue weighted by atomic mass is 9.73. The van der Waals surface area contributed by atoms with Gasteiger partial charge in [-0.15, -0.1) is 0 Å². The minimum atomic E-state index is -0.348. The molecular formula is C18H22N2O3. The molecule has 0 saturated carbocycles. The number of esters is 1. The number of aromatic hydroxyl groups is 1. The molecule has 3 saturated heterocycles. The Balaban J connectivity index is 1.54. The van der Waals surface area contributed by atoms with Crippen LogP contribution in [0.5, 0.6) is 5.75 Å². The second-order valence-corrected chi connectivity index (χ2v) is 7.02. The summed E-state index contributed by atoms with van der Waals surface area (Å²) in [4.78, 5) is 18.0. The van der Waals surface area contributed by atoms with Gasteiger partial charge in [0, 0.05) is 11.6 Å². The molecule has 3 aliphatic rings. The van der Waals surface area contributed by atoms with Crippen molar-refractivity contribution >= 4 is 16.9 Å². The summed E-state index contributed by atoms with van der Waals surface area (Å²) in [5.41, 5.74) is 2.09. The first-order chi connectivity index (χ1) is 11.1. The third-order valence-electron chi connectivity index (χ3n) is 5.63. The van der Waals surface area contributed by atoms with Crippen molar-refractivity contribution in [1.82, 2.24) is 9.88 Å². The molecule has 5 heteroatoms. The first-order valence-electron chi connectivity index (χ1n) is 8.27. The largest absolute Gasteiger partial charge is 0.507 e. The summed E-state index contributed by atoms with van der Waals surface area (Å²) in [6, 6.07) is 3.70. The maximum Gasteiger partial charge on any atom is 0.340 e. The van der Waals surface area contributed by atoms with Crippen molar-refractivity contribution in [3.63, 3.8) is 0 Å². The molecule has 1 aromatic heterocycles. The second kappa shape index (κ2) is 5.27. The summed E-state index contributed by atoms with van der Waals surface area (Å²) >= 11 is 0. The number of nitrogens with zero attached hydrogens (tertiary/aromatic N) is 1. The summed E-state index contributed by atoms with van der Waals surface area (Å²) in [6.45, 7) is 5.66.